The molecule has 1 heterocycles. The molecule has 2 rings (SSSR count). The summed E-state index contributed by atoms with van der Waals surface area (Å²) in [5, 5.41) is 3.52. The normalized spacial score (nSPS) is 22.2. The van der Waals surface area contributed by atoms with Crippen molar-refractivity contribution in [2.75, 3.05) is 11.9 Å². The highest BCUT2D eigenvalue weighted by atomic mass is 79.9. The van der Waals surface area contributed by atoms with Gasteiger partial charge < -0.3 is 10.1 Å². The molecule has 0 amide bonds. The number of rotatable bonds is 3. The molecule has 1 saturated heterocycles. The largest absolute Gasteiger partial charge is 0.381 e. The summed E-state index contributed by atoms with van der Waals surface area (Å²) in [6.07, 6.45) is 2.61. The van der Waals surface area contributed by atoms with Crippen LogP contribution in [0.1, 0.15) is 37.8 Å². The van der Waals surface area contributed by atoms with E-state index < -0.39 is 0 Å². The van der Waals surface area contributed by atoms with Gasteiger partial charge in [0.2, 0.25) is 0 Å². The third-order valence-corrected chi connectivity index (χ3v) is 4.12. The van der Waals surface area contributed by atoms with E-state index in [0.717, 1.165) is 23.9 Å². The van der Waals surface area contributed by atoms with Crippen molar-refractivity contribution in [2.24, 2.45) is 0 Å². The fourth-order valence-corrected chi connectivity index (χ4v) is 3.39. The molecule has 1 fully saturated rings. The maximum Gasteiger partial charge on any atom is 0.0755 e. The molecule has 3 heteroatoms. The Labute approximate surface area is 118 Å². The number of hydrogen-bond donors (Lipinski definition) is 1. The van der Waals surface area contributed by atoms with Gasteiger partial charge in [-0.15, -0.1) is 0 Å². The highest BCUT2D eigenvalue weighted by molar-refractivity contribution is 9.10. The molecule has 2 nitrogen and oxygen atoms in total. The van der Waals surface area contributed by atoms with Gasteiger partial charge in [-0.3, -0.25) is 0 Å². The minimum atomic E-state index is 0.0475. The number of nitrogens with one attached hydrogen (secondary N) is 1. The van der Waals surface area contributed by atoms with Gasteiger partial charge in [0, 0.05) is 11.0 Å². The van der Waals surface area contributed by atoms with Crippen LogP contribution in [0.5, 0.6) is 0 Å². The molecule has 0 saturated carbocycles. The zero-order valence-electron chi connectivity index (χ0n) is 11.6. The average Bonchev–Trinajstić information content (AvgIpc) is 2.56. The van der Waals surface area contributed by atoms with E-state index in [9.17, 15) is 0 Å². The first-order valence-corrected chi connectivity index (χ1v) is 7.35. The smallest absolute Gasteiger partial charge is 0.0755 e. The van der Waals surface area contributed by atoms with Crippen LogP contribution in [0.2, 0.25) is 0 Å². The number of anilines is 1. The minimum Gasteiger partial charge on any atom is -0.381 e. The van der Waals surface area contributed by atoms with Crippen LogP contribution in [0.4, 0.5) is 5.69 Å². The Morgan fingerprint density at radius 2 is 2.11 bits per heavy atom. The number of aryl methyl sites for hydroxylation is 2. The molecular formula is C15H22BrNO. The SMILES string of the molecule is Cc1cc(C)c(NCC2CCC(C)(C)O2)c(Br)c1. The van der Waals surface area contributed by atoms with E-state index in [-0.39, 0.29) is 5.60 Å². The second-order valence-electron chi connectivity index (χ2n) is 5.86. The predicted molar refractivity (Wildman–Crippen MR) is 80.3 cm³/mol. The van der Waals surface area contributed by atoms with Crippen molar-refractivity contribution in [2.45, 2.75) is 52.2 Å². The second kappa shape index (κ2) is 5.22. The molecule has 1 aliphatic heterocycles. The van der Waals surface area contributed by atoms with Gasteiger partial charge in [0.1, 0.15) is 0 Å². The van der Waals surface area contributed by atoms with Crippen molar-refractivity contribution in [1.82, 2.24) is 0 Å². The fourth-order valence-electron chi connectivity index (χ4n) is 2.58. The van der Waals surface area contributed by atoms with Crippen LogP contribution >= 0.6 is 15.9 Å². The summed E-state index contributed by atoms with van der Waals surface area (Å²) >= 11 is 3.63. The van der Waals surface area contributed by atoms with Crippen LogP contribution in [0.25, 0.3) is 0 Å². The Morgan fingerprint density at radius 3 is 2.67 bits per heavy atom. The van der Waals surface area contributed by atoms with Crippen LogP contribution in [0.15, 0.2) is 16.6 Å². The van der Waals surface area contributed by atoms with Crippen LogP contribution in [-0.4, -0.2) is 18.2 Å². The second-order valence-corrected chi connectivity index (χ2v) is 6.71. The molecule has 1 unspecified atom stereocenters. The summed E-state index contributed by atoms with van der Waals surface area (Å²) in [7, 11) is 0. The van der Waals surface area contributed by atoms with Crippen molar-refractivity contribution >= 4 is 21.6 Å². The third-order valence-electron chi connectivity index (χ3n) is 3.49. The molecule has 18 heavy (non-hydrogen) atoms. The maximum atomic E-state index is 6.00. The first kappa shape index (κ1) is 13.9. The van der Waals surface area contributed by atoms with Gasteiger partial charge in [0.15, 0.2) is 0 Å². The molecule has 100 valence electrons. The quantitative estimate of drug-likeness (QED) is 0.891. The van der Waals surface area contributed by atoms with Gasteiger partial charge >= 0.3 is 0 Å². The van der Waals surface area contributed by atoms with Gasteiger partial charge in [0.25, 0.3) is 0 Å². The summed E-state index contributed by atoms with van der Waals surface area (Å²) < 4.78 is 7.13. The first-order valence-electron chi connectivity index (χ1n) is 6.56. The molecule has 0 aliphatic carbocycles. The molecule has 1 aliphatic rings. The minimum absolute atomic E-state index is 0.0475. The van der Waals surface area contributed by atoms with Crippen molar-refractivity contribution in [1.29, 1.82) is 0 Å². The van der Waals surface area contributed by atoms with Crippen LogP contribution in [-0.2, 0) is 4.74 Å². The zero-order valence-corrected chi connectivity index (χ0v) is 13.2. The lowest BCUT2D eigenvalue weighted by atomic mass is 10.1. The van der Waals surface area contributed by atoms with E-state index in [1.807, 2.05) is 0 Å². The summed E-state index contributed by atoms with van der Waals surface area (Å²) in [6.45, 7) is 9.47. The molecule has 1 aromatic rings. The van der Waals surface area contributed by atoms with Crippen molar-refractivity contribution in [3.63, 3.8) is 0 Å². The average molecular weight is 312 g/mol. The summed E-state index contributed by atoms with van der Waals surface area (Å²) in [6, 6.07) is 4.35. The van der Waals surface area contributed by atoms with Crippen LogP contribution < -0.4 is 5.32 Å². The van der Waals surface area contributed by atoms with E-state index in [4.69, 9.17) is 4.74 Å². The standard InChI is InChI=1S/C15H22BrNO/c1-10-7-11(2)14(13(16)8-10)17-9-12-5-6-15(3,4)18-12/h7-8,12,17H,5-6,9H2,1-4H3. The summed E-state index contributed by atoms with van der Waals surface area (Å²) in [5.74, 6) is 0. The monoisotopic (exact) mass is 311 g/mol. The number of ether oxygens (including phenoxy) is 1. The molecule has 1 aromatic carbocycles. The van der Waals surface area contributed by atoms with Gasteiger partial charge in [-0.1, -0.05) is 6.07 Å². The molecule has 0 spiro atoms. The highest BCUT2D eigenvalue weighted by Gasteiger charge is 2.31. The molecular weight excluding hydrogens is 290 g/mol. The van der Waals surface area contributed by atoms with E-state index in [0.29, 0.717) is 6.10 Å². The molecule has 0 aromatic heterocycles. The molecule has 0 bridgehead atoms. The third kappa shape index (κ3) is 3.27. The van der Waals surface area contributed by atoms with Crippen LogP contribution in [0, 0.1) is 13.8 Å². The summed E-state index contributed by atoms with van der Waals surface area (Å²) in [5.41, 5.74) is 3.79. The van der Waals surface area contributed by atoms with Gasteiger partial charge in [-0.25, -0.2) is 0 Å². The topological polar surface area (TPSA) is 21.3 Å². The van der Waals surface area contributed by atoms with Crippen molar-refractivity contribution in [3.8, 4) is 0 Å². The Morgan fingerprint density at radius 1 is 1.39 bits per heavy atom. The number of halogens is 1. The lowest BCUT2D eigenvalue weighted by Gasteiger charge is -2.20. The maximum absolute atomic E-state index is 6.00. The van der Waals surface area contributed by atoms with E-state index in [2.05, 4.69) is 61.1 Å². The number of hydrogen-bond acceptors (Lipinski definition) is 2. The van der Waals surface area contributed by atoms with E-state index in [1.54, 1.807) is 0 Å². The Bertz CT molecular complexity index is 419. The molecule has 1 N–H and O–H groups in total. The lowest BCUT2D eigenvalue weighted by Crippen LogP contribution is -2.25. The lowest BCUT2D eigenvalue weighted by molar-refractivity contribution is -0.00911. The van der Waals surface area contributed by atoms with Gasteiger partial charge in [0.05, 0.1) is 17.4 Å². The molecule has 1 atom stereocenters. The Balaban J connectivity index is 1.99. The first-order chi connectivity index (χ1) is 8.37. The Kier molecular flexibility index (Phi) is 4.02. The zero-order chi connectivity index (χ0) is 13.3. The summed E-state index contributed by atoms with van der Waals surface area (Å²) in [4.78, 5) is 0. The fraction of sp³-hybridized carbons (Fsp3) is 0.600. The highest BCUT2D eigenvalue weighted by Crippen LogP contribution is 2.31. The van der Waals surface area contributed by atoms with E-state index in [1.165, 1.54) is 16.8 Å². The van der Waals surface area contributed by atoms with Crippen molar-refractivity contribution in [3.05, 3.63) is 27.7 Å². The van der Waals surface area contributed by atoms with E-state index >= 15 is 0 Å². The molecule has 0 radical (unpaired) electrons. The van der Waals surface area contributed by atoms with Crippen LogP contribution in [0.3, 0.4) is 0 Å². The number of benzene rings is 1. The van der Waals surface area contributed by atoms with Crippen molar-refractivity contribution < 1.29 is 4.74 Å². The van der Waals surface area contributed by atoms with Gasteiger partial charge in [-0.05, 0) is 73.7 Å². The Hall–Kier alpha value is -0.540. The van der Waals surface area contributed by atoms with Gasteiger partial charge in [-0.2, -0.15) is 0 Å². The predicted octanol–water partition coefficient (Wildman–Crippen LogP) is 4.44.